The lowest BCUT2D eigenvalue weighted by Gasteiger charge is -2.14. The quantitative estimate of drug-likeness (QED) is 0.896. The molecule has 4 heteroatoms. The molecule has 94 valence electrons. The topological polar surface area (TPSA) is 57.4 Å². The fourth-order valence-electron chi connectivity index (χ4n) is 1.88. The Bertz CT molecular complexity index is 527. The van der Waals surface area contributed by atoms with Crippen LogP contribution in [0.1, 0.15) is 5.56 Å². The van der Waals surface area contributed by atoms with Crippen LogP contribution in [0.5, 0.6) is 11.5 Å². The molecule has 0 aliphatic rings. The summed E-state index contributed by atoms with van der Waals surface area (Å²) in [5.74, 6) is 1.38. The van der Waals surface area contributed by atoms with Gasteiger partial charge in [-0.2, -0.15) is 0 Å². The first-order valence-corrected chi connectivity index (χ1v) is 5.65. The summed E-state index contributed by atoms with van der Waals surface area (Å²) < 4.78 is 10.8. The van der Waals surface area contributed by atoms with Crippen molar-refractivity contribution in [1.82, 2.24) is 4.98 Å². The number of benzene rings is 1. The lowest BCUT2D eigenvalue weighted by molar-refractivity contribution is 0.355. The van der Waals surface area contributed by atoms with E-state index in [2.05, 4.69) is 4.98 Å². The molecule has 1 aromatic carbocycles. The van der Waals surface area contributed by atoms with Gasteiger partial charge in [0.25, 0.3) is 0 Å². The Labute approximate surface area is 106 Å². The fourth-order valence-corrected chi connectivity index (χ4v) is 1.88. The first-order valence-electron chi connectivity index (χ1n) is 5.65. The van der Waals surface area contributed by atoms with Gasteiger partial charge in [-0.1, -0.05) is 6.07 Å². The lowest BCUT2D eigenvalue weighted by atomic mass is 10.0. The predicted octanol–water partition coefficient (Wildman–Crippen LogP) is 2.22. The van der Waals surface area contributed by atoms with E-state index in [1.54, 1.807) is 26.6 Å². The van der Waals surface area contributed by atoms with Gasteiger partial charge in [-0.05, 0) is 23.8 Å². The molecule has 1 heterocycles. The third-order valence-electron chi connectivity index (χ3n) is 2.75. The van der Waals surface area contributed by atoms with Crippen LogP contribution in [-0.4, -0.2) is 19.2 Å². The zero-order chi connectivity index (χ0) is 13.0. The number of nitrogens with two attached hydrogens (primary N) is 1. The molecule has 1 aromatic heterocycles. The zero-order valence-corrected chi connectivity index (χ0v) is 10.5. The van der Waals surface area contributed by atoms with Gasteiger partial charge in [0, 0.05) is 30.1 Å². The average Bonchev–Trinajstić information content (AvgIpc) is 2.46. The van der Waals surface area contributed by atoms with Crippen molar-refractivity contribution in [3.8, 4) is 22.6 Å². The third kappa shape index (κ3) is 2.28. The Kier molecular flexibility index (Phi) is 3.79. The normalized spacial score (nSPS) is 10.2. The van der Waals surface area contributed by atoms with Gasteiger partial charge in [0.05, 0.1) is 14.2 Å². The van der Waals surface area contributed by atoms with Crippen molar-refractivity contribution in [2.24, 2.45) is 5.73 Å². The first kappa shape index (κ1) is 12.4. The Morgan fingerprint density at radius 1 is 1.22 bits per heavy atom. The maximum Gasteiger partial charge on any atom is 0.168 e. The lowest BCUT2D eigenvalue weighted by Crippen LogP contribution is -2.00. The van der Waals surface area contributed by atoms with Crippen molar-refractivity contribution >= 4 is 0 Å². The molecule has 0 fully saturated rings. The monoisotopic (exact) mass is 244 g/mol. The van der Waals surface area contributed by atoms with Crippen molar-refractivity contribution < 1.29 is 9.47 Å². The molecule has 0 amide bonds. The number of nitrogens with zero attached hydrogens (tertiary/aromatic N) is 1. The molecule has 0 saturated heterocycles. The van der Waals surface area contributed by atoms with Crippen LogP contribution in [0, 0.1) is 0 Å². The highest BCUT2D eigenvalue weighted by Gasteiger charge is 2.13. The molecule has 0 saturated carbocycles. The number of pyridine rings is 1. The van der Waals surface area contributed by atoms with Crippen LogP contribution in [0.4, 0.5) is 0 Å². The SMILES string of the molecule is COc1cc(CN)cc(-c2cccnc2)c1OC. The van der Waals surface area contributed by atoms with E-state index in [-0.39, 0.29) is 0 Å². The Balaban J connectivity index is 2.64. The van der Waals surface area contributed by atoms with Gasteiger partial charge in [0.15, 0.2) is 11.5 Å². The average molecular weight is 244 g/mol. The van der Waals surface area contributed by atoms with E-state index in [1.807, 2.05) is 24.3 Å². The highest BCUT2D eigenvalue weighted by atomic mass is 16.5. The molecule has 0 atom stereocenters. The fraction of sp³-hybridized carbons (Fsp3) is 0.214. The number of aromatic nitrogens is 1. The van der Waals surface area contributed by atoms with Gasteiger partial charge >= 0.3 is 0 Å². The van der Waals surface area contributed by atoms with Crippen molar-refractivity contribution in [2.75, 3.05) is 14.2 Å². The van der Waals surface area contributed by atoms with E-state index in [0.29, 0.717) is 18.0 Å². The van der Waals surface area contributed by atoms with Crippen LogP contribution in [0.3, 0.4) is 0 Å². The van der Waals surface area contributed by atoms with E-state index >= 15 is 0 Å². The summed E-state index contributed by atoms with van der Waals surface area (Å²) in [6.07, 6.45) is 3.53. The molecular formula is C14H16N2O2. The third-order valence-corrected chi connectivity index (χ3v) is 2.75. The summed E-state index contributed by atoms with van der Waals surface area (Å²) in [6.45, 7) is 0.452. The number of hydrogen-bond acceptors (Lipinski definition) is 4. The molecule has 0 aliphatic heterocycles. The van der Waals surface area contributed by atoms with Crippen LogP contribution in [0.2, 0.25) is 0 Å². The van der Waals surface area contributed by atoms with E-state index in [9.17, 15) is 0 Å². The highest BCUT2D eigenvalue weighted by molar-refractivity contribution is 5.74. The molecule has 0 unspecified atom stereocenters. The molecule has 4 nitrogen and oxygen atoms in total. The van der Waals surface area contributed by atoms with Crippen LogP contribution in [0.25, 0.3) is 11.1 Å². The molecule has 0 spiro atoms. The summed E-state index contributed by atoms with van der Waals surface area (Å²) in [5, 5.41) is 0. The molecule has 18 heavy (non-hydrogen) atoms. The van der Waals surface area contributed by atoms with Crippen molar-refractivity contribution in [2.45, 2.75) is 6.54 Å². The molecule has 0 aliphatic carbocycles. The molecule has 2 rings (SSSR count). The maximum atomic E-state index is 5.70. The van der Waals surface area contributed by atoms with E-state index < -0.39 is 0 Å². The summed E-state index contributed by atoms with van der Waals surface area (Å²) in [5.41, 5.74) is 8.60. The molecular weight excluding hydrogens is 228 g/mol. The summed E-state index contributed by atoms with van der Waals surface area (Å²) in [4.78, 5) is 4.12. The highest BCUT2D eigenvalue weighted by Crippen LogP contribution is 2.38. The summed E-state index contributed by atoms with van der Waals surface area (Å²) in [6, 6.07) is 7.75. The Hall–Kier alpha value is -2.07. The van der Waals surface area contributed by atoms with E-state index in [1.165, 1.54) is 0 Å². The minimum Gasteiger partial charge on any atom is -0.493 e. The number of rotatable bonds is 4. The molecule has 2 aromatic rings. The number of hydrogen-bond donors (Lipinski definition) is 1. The molecule has 0 bridgehead atoms. The van der Waals surface area contributed by atoms with Gasteiger partial charge in [-0.3, -0.25) is 4.98 Å². The van der Waals surface area contributed by atoms with Crippen LogP contribution < -0.4 is 15.2 Å². The zero-order valence-electron chi connectivity index (χ0n) is 10.5. The van der Waals surface area contributed by atoms with Gasteiger partial charge in [0.1, 0.15) is 0 Å². The van der Waals surface area contributed by atoms with Crippen LogP contribution in [0.15, 0.2) is 36.7 Å². The van der Waals surface area contributed by atoms with Crippen molar-refractivity contribution in [1.29, 1.82) is 0 Å². The minimum absolute atomic E-state index is 0.452. The first-order chi connectivity index (χ1) is 8.80. The Morgan fingerprint density at radius 2 is 2.06 bits per heavy atom. The summed E-state index contributed by atoms with van der Waals surface area (Å²) in [7, 11) is 3.24. The second kappa shape index (κ2) is 5.51. The molecule has 2 N–H and O–H groups in total. The van der Waals surface area contributed by atoms with Gasteiger partial charge in [-0.15, -0.1) is 0 Å². The molecule has 0 radical (unpaired) electrons. The number of methoxy groups -OCH3 is 2. The minimum atomic E-state index is 0.452. The van der Waals surface area contributed by atoms with Gasteiger partial charge < -0.3 is 15.2 Å². The van der Waals surface area contributed by atoms with Crippen molar-refractivity contribution in [3.05, 3.63) is 42.2 Å². The standard InChI is InChI=1S/C14H16N2O2/c1-17-13-7-10(8-15)6-12(14(13)18-2)11-4-3-5-16-9-11/h3-7,9H,8,15H2,1-2H3. The largest absolute Gasteiger partial charge is 0.493 e. The second-order valence-electron chi connectivity index (χ2n) is 3.82. The second-order valence-corrected chi connectivity index (χ2v) is 3.82. The van der Waals surface area contributed by atoms with Crippen LogP contribution in [-0.2, 0) is 6.54 Å². The number of ether oxygens (including phenoxy) is 2. The summed E-state index contributed by atoms with van der Waals surface area (Å²) >= 11 is 0. The Morgan fingerprint density at radius 3 is 2.61 bits per heavy atom. The van der Waals surface area contributed by atoms with Crippen LogP contribution >= 0.6 is 0 Å². The predicted molar refractivity (Wildman–Crippen MR) is 70.7 cm³/mol. The van der Waals surface area contributed by atoms with E-state index in [0.717, 1.165) is 16.7 Å². The van der Waals surface area contributed by atoms with E-state index in [4.69, 9.17) is 15.2 Å². The van der Waals surface area contributed by atoms with Gasteiger partial charge in [-0.25, -0.2) is 0 Å². The smallest absolute Gasteiger partial charge is 0.168 e. The maximum absolute atomic E-state index is 5.70. The van der Waals surface area contributed by atoms with Crippen molar-refractivity contribution in [3.63, 3.8) is 0 Å². The van der Waals surface area contributed by atoms with Gasteiger partial charge in [0.2, 0.25) is 0 Å².